The van der Waals surface area contributed by atoms with E-state index in [-0.39, 0.29) is 24.8 Å². The fourth-order valence-corrected chi connectivity index (χ4v) is 1.62. The van der Waals surface area contributed by atoms with E-state index in [1.165, 1.54) is 11.1 Å². The van der Waals surface area contributed by atoms with Crippen LogP contribution >= 0.6 is 24.8 Å². The number of anilines is 2. The summed E-state index contributed by atoms with van der Waals surface area (Å²) in [6.07, 6.45) is 0. The minimum atomic E-state index is 0. The Morgan fingerprint density at radius 1 is 1.00 bits per heavy atom. The van der Waals surface area contributed by atoms with Crippen LogP contribution in [-0.2, 0) is 6.54 Å². The smallest absolute Gasteiger partial charge is 0.0400 e. The highest BCUT2D eigenvalue weighted by Gasteiger charge is 1.98. The molecule has 0 saturated heterocycles. The third kappa shape index (κ3) is 4.47. The van der Waals surface area contributed by atoms with Gasteiger partial charge in [0.15, 0.2) is 0 Å². The van der Waals surface area contributed by atoms with Crippen LogP contribution in [0, 0.1) is 6.92 Å². The molecule has 4 heteroatoms. The van der Waals surface area contributed by atoms with E-state index in [9.17, 15) is 0 Å². The molecule has 3 N–H and O–H groups in total. The van der Waals surface area contributed by atoms with E-state index in [1.807, 2.05) is 36.4 Å². The minimum absolute atomic E-state index is 0. The van der Waals surface area contributed by atoms with Gasteiger partial charge in [0.05, 0.1) is 0 Å². The maximum Gasteiger partial charge on any atom is 0.0400 e. The molecule has 0 aromatic heterocycles. The summed E-state index contributed by atoms with van der Waals surface area (Å²) in [6, 6.07) is 16.2. The van der Waals surface area contributed by atoms with Gasteiger partial charge in [-0.2, -0.15) is 0 Å². The normalized spacial score (nSPS) is 8.94. The standard InChI is InChI=1S/C14H16N2.2ClH/c1-11-7-8-13(15)9-14(11)16-10-12-5-3-2-4-6-12;;/h2-9,16H,10,15H2,1H3;2*1H. The number of rotatable bonds is 3. The van der Waals surface area contributed by atoms with Gasteiger partial charge in [-0.1, -0.05) is 36.4 Å². The number of nitrogens with two attached hydrogens (primary N) is 1. The fraction of sp³-hybridized carbons (Fsp3) is 0.143. The molecule has 0 radical (unpaired) electrons. The van der Waals surface area contributed by atoms with Crippen LogP contribution in [0.25, 0.3) is 0 Å². The molecule has 0 aliphatic carbocycles. The van der Waals surface area contributed by atoms with Crippen molar-refractivity contribution in [2.24, 2.45) is 0 Å². The third-order valence-electron chi connectivity index (χ3n) is 2.59. The second-order valence-electron chi connectivity index (χ2n) is 3.91. The summed E-state index contributed by atoms with van der Waals surface area (Å²) in [6.45, 7) is 2.90. The molecule has 2 nitrogen and oxygen atoms in total. The summed E-state index contributed by atoms with van der Waals surface area (Å²) in [5.74, 6) is 0. The van der Waals surface area contributed by atoms with E-state index < -0.39 is 0 Å². The Bertz CT molecular complexity index is 472. The molecule has 2 aromatic carbocycles. The molecule has 18 heavy (non-hydrogen) atoms. The second-order valence-corrected chi connectivity index (χ2v) is 3.91. The number of nitrogens with one attached hydrogen (secondary N) is 1. The van der Waals surface area contributed by atoms with Gasteiger partial charge in [-0.3, -0.25) is 0 Å². The molecule has 0 aliphatic rings. The Morgan fingerprint density at radius 2 is 1.67 bits per heavy atom. The van der Waals surface area contributed by atoms with Gasteiger partial charge in [-0.15, -0.1) is 24.8 Å². The first kappa shape index (κ1) is 16.6. The lowest BCUT2D eigenvalue weighted by Crippen LogP contribution is -2.01. The summed E-state index contributed by atoms with van der Waals surface area (Å²) in [7, 11) is 0. The molecule has 0 heterocycles. The molecule has 2 aromatic rings. The SMILES string of the molecule is Cc1ccc(N)cc1NCc1ccccc1.Cl.Cl. The number of aryl methyl sites for hydroxylation is 1. The first-order chi connectivity index (χ1) is 7.75. The van der Waals surface area contributed by atoms with E-state index >= 15 is 0 Å². The first-order valence-electron chi connectivity index (χ1n) is 5.39. The highest BCUT2D eigenvalue weighted by atomic mass is 35.5. The number of nitrogen functional groups attached to an aromatic ring is 1. The molecule has 0 amide bonds. The molecule has 0 saturated carbocycles. The largest absolute Gasteiger partial charge is 0.399 e. The van der Waals surface area contributed by atoms with E-state index in [0.29, 0.717) is 0 Å². The molecule has 0 unspecified atom stereocenters. The van der Waals surface area contributed by atoms with Crippen LogP contribution in [0.2, 0.25) is 0 Å². The van der Waals surface area contributed by atoms with Crippen molar-refractivity contribution in [2.45, 2.75) is 13.5 Å². The molecule has 0 atom stereocenters. The maximum absolute atomic E-state index is 5.76. The van der Waals surface area contributed by atoms with Crippen LogP contribution in [-0.4, -0.2) is 0 Å². The molecular formula is C14H18Cl2N2. The van der Waals surface area contributed by atoms with Gasteiger partial charge in [0, 0.05) is 17.9 Å². The Morgan fingerprint density at radius 3 is 2.33 bits per heavy atom. The summed E-state index contributed by atoms with van der Waals surface area (Å²) in [5.41, 5.74) is 10.1. The Labute approximate surface area is 120 Å². The van der Waals surface area contributed by atoms with Crippen LogP contribution < -0.4 is 11.1 Å². The van der Waals surface area contributed by atoms with Gasteiger partial charge >= 0.3 is 0 Å². The first-order valence-corrected chi connectivity index (χ1v) is 5.39. The molecular weight excluding hydrogens is 267 g/mol. The predicted octanol–water partition coefficient (Wildman–Crippen LogP) is 4.03. The number of hydrogen-bond donors (Lipinski definition) is 2. The van der Waals surface area contributed by atoms with Crippen LogP contribution in [0.15, 0.2) is 48.5 Å². The van der Waals surface area contributed by atoms with Crippen LogP contribution in [0.5, 0.6) is 0 Å². The molecule has 2 rings (SSSR count). The highest BCUT2D eigenvalue weighted by molar-refractivity contribution is 5.85. The summed E-state index contributed by atoms with van der Waals surface area (Å²) in [5, 5.41) is 3.39. The third-order valence-corrected chi connectivity index (χ3v) is 2.59. The van der Waals surface area contributed by atoms with Gasteiger partial charge < -0.3 is 11.1 Å². The van der Waals surface area contributed by atoms with Gasteiger partial charge in [0.2, 0.25) is 0 Å². The number of halogens is 2. The zero-order valence-corrected chi connectivity index (χ0v) is 11.9. The van der Waals surface area contributed by atoms with E-state index in [0.717, 1.165) is 17.9 Å². The fourth-order valence-electron chi connectivity index (χ4n) is 1.62. The maximum atomic E-state index is 5.76. The van der Waals surface area contributed by atoms with Crippen LogP contribution in [0.1, 0.15) is 11.1 Å². The molecule has 98 valence electrons. The topological polar surface area (TPSA) is 38.0 Å². The van der Waals surface area contributed by atoms with Crippen molar-refractivity contribution >= 4 is 36.2 Å². The van der Waals surface area contributed by atoms with Crippen molar-refractivity contribution in [3.8, 4) is 0 Å². The van der Waals surface area contributed by atoms with Crippen molar-refractivity contribution in [3.63, 3.8) is 0 Å². The monoisotopic (exact) mass is 284 g/mol. The summed E-state index contributed by atoms with van der Waals surface area (Å²) >= 11 is 0. The van der Waals surface area contributed by atoms with Gasteiger partial charge in [-0.05, 0) is 30.2 Å². The van der Waals surface area contributed by atoms with E-state index in [1.54, 1.807) is 0 Å². The van der Waals surface area contributed by atoms with Crippen molar-refractivity contribution in [1.82, 2.24) is 0 Å². The van der Waals surface area contributed by atoms with Gasteiger partial charge in [-0.25, -0.2) is 0 Å². The zero-order chi connectivity index (χ0) is 11.4. The van der Waals surface area contributed by atoms with E-state index in [2.05, 4.69) is 24.4 Å². The summed E-state index contributed by atoms with van der Waals surface area (Å²) < 4.78 is 0. The lowest BCUT2D eigenvalue weighted by Gasteiger charge is -2.10. The zero-order valence-electron chi connectivity index (χ0n) is 10.2. The Hall–Kier alpha value is -1.38. The van der Waals surface area contributed by atoms with Crippen molar-refractivity contribution in [3.05, 3.63) is 59.7 Å². The second kappa shape index (κ2) is 7.85. The average Bonchev–Trinajstić information content (AvgIpc) is 2.32. The van der Waals surface area contributed by atoms with Crippen molar-refractivity contribution in [1.29, 1.82) is 0 Å². The molecule has 0 fully saturated rings. The lowest BCUT2D eigenvalue weighted by molar-refractivity contribution is 1.14. The molecule has 0 spiro atoms. The molecule has 0 aliphatic heterocycles. The quantitative estimate of drug-likeness (QED) is 0.835. The van der Waals surface area contributed by atoms with Crippen LogP contribution in [0.4, 0.5) is 11.4 Å². The Kier molecular flexibility index (Phi) is 7.25. The predicted molar refractivity (Wildman–Crippen MR) is 83.9 cm³/mol. The van der Waals surface area contributed by atoms with Gasteiger partial charge in [0.1, 0.15) is 0 Å². The minimum Gasteiger partial charge on any atom is -0.399 e. The number of benzene rings is 2. The lowest BCUT2D eigenvalue weighted by atomic mass is 10.1. The van der Waals surface area contributed by atoms with Crippen LogP contribution in [0.3, 0.4) is 0 Å². The van der Waals surface area contributed by atoms with Crippen molar-refractivity contribution in [2.75, 3.05) is 11.1 Å². The van der Waals surface area contributed by atoms with Crippen molar-refractivity contribution < 1.29 is 0 Å². The highest BCUT2D eigenvalue weighted by Crippen LogP contribution is 2.18. The number of hydrogen-bond acceptors (Lipinski definition) is 2. The summed E-state index contributed by atoms with van der Waals surface area (Å²) in [4.78, 5) is 0. The van der Waals surface area contributed by atoms with E-state index in [4.69, 9.17) is 5.73 Å². The Balaban J connectivity index is 0.00000144. The average molecular weight is 285 g/mol. The van der Waals surface area contributed by atoms with Gasteiger partial charge in [0.25, 0.3) is 0 Å². The molecule has 0 bridgehead atoms.